The van der Waals surface area contributed by atoms with E-state index in [0.29, 0.717) is 0 Å². The molecule has 0 rings (SSSR count). The molecule has 0 radical (unpaired) electrons. The molecule has 0 bridgehead atoms. The van der Waals surface area contributed by atoms with Crippen molar-refractivity contribution in [2.24, 2.45) is 17.1 Å². The molecular weight excluding hydrogens is 196 g/mol. The fourth-order valence-electron chi connectivity index (χ4n) is 1.86. The van der Waals surface area contributed by atoms with Crippen LogP contribution in [0.25, 0.3) is 0 Å². The smallest absolute Gasteiger partial charge is 0.00173 e. The Morgan fingerprint density at radius 3 is 2.38 bits per heavy atom. The summed E-state index contributed by atoms with van der Waals surface area (Å²) in [5, 5.41) is 3.61. The van der Waals surface area contributed by atoms with Crippen LogP contribution in [-0.2, 0) is 0 Å². The fraction of sp³-hybridized carbons (Fsp3) is 1.00. The van der Waals surface area contributed by atoms with Gasteiger partial charge in [0.15, 0.2) is 0 Å². The zero-order valence-corrected chi connectivity index (χ0v) is 11.8. The Kier molecular flexibility index (Phi) is 8.96. The molecule has 16 heavy (non-hydrogen) atoms. The van der Waals surface area contributed by atoms with E-state index in [0.717, 1.165) is 32.0 Å². The largest absolute Gasteiger partial charge is 0.330 e. The third kappa shape index (κ3) is 6.49. The van der Waals surface area contributed by atoms with Crippen LogP contribution in [0.4, 0.5) is 0 Å². The third-order valence-electron chi connectivity index (χ3n) is 3.87. The van der Waals surface area contributed by atoms with E-state index in [-0.39, 0.29) is 5.41 Å². The average Bonchev–Trinajstić information content (AvgIpc) is 2.33. The summed E-state index contributed by atoms with van der Waals surface area (Å²) in [4.78, 5) is 0. The zero-order chi connectivity index (χ0) is 12.4. The summed E-state index contributed by atoms with van der Waals surface area (Å²) in [6.45, 7) is 12.1. The summed E-state index contributed by atoms with van der Waals surface area (Å²) in [6.07, 6.45) is 6.49. The van der Waals surface area contributed by atoms with Crippen molar-refractivity contribution in [1.29, 1.82) is 0 Å². The van der Waals surface area contributed by atoms with Crippen molar-refractivity contribution in [3.8, 4) is 0 Å². The number of hydrogen-bond acceptors (Lipinski definition) is 2. The van der Waals surface area contributed by atoms with Gasteiger partial charge < -0.3 is 11.1 Å². The van der Waals surface area contributed by atoms with Gasteiger partial charge in [0, 0.05) is 6.54 Å². The molecule has 0 aromatic rings. The standard InChI is InChI=1S/C14H32N2/c1-5-8-9-13(6-2)10-16-12-14(4,7-3)11-15/h13,16H,5-12,15H2,1-4H3. The van der Waals surface area contributed by atoms with Crippen LogP contribution in [0.2, 0.25) is 0 Å². The number of rotatable bonds is 10. The highest BCUT2D eigenvalue weighted by molar-refractivity contribution is 4.76. The van der Waals surface area contributed by atoms with E-state index in [2.05, 4.69) is 33.0 Å². The number of unbranched alkanes of at least 4 members (excludes halogenated alkanes) is 1. The van der Waals surface area contributed by atoms with E-state index in [1.165, 1.54) is 25.7 Å². The Balaban J connectivity index is 3.76. The number of nitrogens with two attached hydrogens (primary N) is 1. The summed E-state index contributed by atoms with van der Waals surface area (Å²) < 4.78 is 0. The van der Waals surface area contributed by atoms with E-state index in [4.69, 9.17) is 5.73 Å². The van der Waals surface area contributed by atoms with Crippen molar-refractivity contribution in [1.82, 2.24) is 5.32 Å². The van der Waals surface area contributed by atoms with Gasteiger partial charge in [-0.15, -0.1) is 0 Å². The molecule has 98 valence electrons. The van der Waals surface area contributed by atoms with E-state index < -0.39 is 0 Å². The molecule has 3 N–H and O–H groups in total. The topological polar surface area (TPSA) is 38.0 Å². The van der Waals surface area contributed by atoms with Crippen LogP contribution in [0, 0.1) is 11.3 Å². The first-order valence-electron chi connectivity index (χ1n) is 7.02. The highest BCUT2D eigenvalue weighted by Gasteiger charge is 2.19. The van der Waals surface area contributed by atoms with Crippen LogP contribution >= 0.6 is 0 Å². The predicted octanol–water partition coefficient (Wildman–Crippen LogP) is 3.17. The first-order valence-corrected chi connectivity index (χ1v) is 7.02. The zero-order valence-electron chi connectivity index (χ0n) is 11.8. The highest BCUT2D eigenvalue weighted by Crippen LogP contribution is 2.18. The van der Waals surface area contributed by atoms with Crippen molar-refractivity contribution in [3.05, 3.63) is 0 Å². The number of nitrogens with one attached hydrogen (secondary N) is 1. The second-order valence-corrected chi connectivity index (χ2v) is 5.42. The van der Waals surface area contributed by atoms with Crippen molar-refractivity contribution in [2.75, 3.05) is 19.6 Å². The molecule has 2 nitrogen and oxygen atoms in total. The third-order valence-corrected chi connectivity index (χ3v) is 3.87. The maximum absolute atomic E-state index is 5.81. The lowest BCUT2D eigenvalue weighted by Crippen LogP contribution is -2.39. The molecule has 0 aliphatic carbocycles. The van der Waals surface area contributed by atoms with E-state index in [9.17, 15) is 0 Å². The molecule has 0 amide bonds. The lowest BCUT2D eigenvalue weighted by atomic mass is 9.87. The molecule has 0 saturated carbocycles. The van der Waals surface area contributed by atoms with Crippen LogP contribution < -0.4 is 11.1 Å². The van der Waals surface area contributed by atoms with Crippen molar-refractivity contribution < 1.29 is 0 Å². The van der Waals surface area contributed by atoms with Gasteiger partial charge in [-0.05, 0) is 37.3 Å². The van der Waals surface area contributed by atoms with Crippen molar-refractivity contribution >= 4 is 0 Å². The SMILES string of the molecule is CCCCC(CC)CNCC(C)(CC)CN. The minimum atomic E-state index is 0.281. The summed E-state index contributed by atoms with van der Waals surface area (Å²) in [7, 11) is 0. The minimum Gasteiger partial charge on any atom is -0.330 e. The molecule has 2 unspecified atom stereocenters. The lowest BCUT2D eigenvalue weighted by Gasteiger charge is -2.28. The molecule has 0 saturated heterocycles. The average molecular weight is 228 g/mol. The molecule has 0 fully saturated rings. The van der Waals surface area contributed by atoms with Gasteiger partial charge in [0.05, 0.1) is 0 Å². The highest BCUT2D eigenvalue weighted by atomic mass is 14.9. The normalized spacial score (nSPS) is 17.1. The minimum absolute atomic E-state index is 0.281. The fourth-order valence-corrected chi connectivity index (χ4v) is 1.86. The summed E-state index contributed by atoms with van der Waals surface area (Å²) in [5.74, 6) is 0.846. The monoisotopic (exact) mass is 228 g/mol. The summed E-state index contributed by atoms with van der Waals surface area (Å²) in [5.41, 5.74) is 6.09. The van der Waals surface area contributed by atoms with Gasteiger partial charge >= 0.3 is 0 Å². The molecule has 0 spiro atoms. The molecule has 2 atom stereocenters. The first kappa shape index (κ1) is 15.9. The summed E-state index contributed by atoms with van der Waals surface area (Å²) in [6, 6.07) is 0. The van der Waals surface area contributed by atoms with Gasteiger partial charge in [0.1, 0.15) is 0 Å². The van der Waals surface area contributed by atoms with Gasteiger partial charge in [0.25, 0.3) is 0 Å². The lowest BCUT2D eigenvalue weighted by molar-refractivity contribution is 0.289. The van der Waals surface area contributed by atoms with Gasteiger partial charge in [-0.25, -0.2) is 0 Å². The van der Waals surface area contributed by atoms with Gasteiger partial charge in [-0.1, -0.05) is 47.0 Å². The van der Waals surface area contributed by atoms with E-state index in [1.807, 2.05) is 0 Å². The molecule has 0 aliphatic rings. The van der Waals surface area contributed by atoms with Crippen LogP contribution in [0.3, 0.4) is 0 Å². The van der Waals surface area contributed by atoms with Crippen LogP contribution in [0.1, 0.15) is 59.8 Å². The molecule has 0 heterocycles. The molecular formula is C14H32N2. The van der Waals surface area contributed by atoms with Crippen LogP contribution in [0.15, 0.2) is 0 Å². The summed E-state index contributed by atoms with van der Waals surface area (Å²) >= 11 is 0. The van der Waals surface area contributed by atoms with Crippen molar-refractivity contribution in [3.63, 3.8) is 0 Å². The van der Waals surface area contributed by atoms with Crippen LogP contribution in [-0.4, -0.2) is 19.6 Å². The Morgan fingerprint density at radius 1 is 1.25 bits per heavy atom. The number of hydrogen-bond donors (Lipinski definition) is 2. The predicted molar refractivity (Wildman–Crippen MR) is 73.6 cm³/mol. The van der Waals surface area contributed by atoms with E-state index >= 15 is 0 Å². The van der Waals surface area contributed by atoms with Crippen molar-refractivity contribution in [2.45, 2.75) is 59.8 Å². The molecule has 0 aromatic carbocycles. The second kappa shape index (κ2) is 9.00. The Hall–Kier alpha value is -0.0800. The molecule has 0 aromatic heterocycles. The first-order chi connectivity index (χ1) is 7.61. The maximum atomic E-state index is 5.81. The quantitative estimate of drug-likeness (QED) is 0.603. The molecule has 2 heteroatoms. The Labute approximate surface area is 102 Å². The van der Waals surface area contributed by atoms with Crippen LogP contribution in [0.5, 0.6) is 0 Å². The maximum Gasteiger partial charge on any atom is 0.00173 e. The van der Waals surface area contributed by atoms with Gasteiger partial charge in [0.2, 0.25) is 0 Å². The van der Waals surface area contributed by atoms with Gasteiger partial charge in [-0.2, -0.15) is 0 Å². The van der Waals surface area contributed by atoms with E-state index in [1.54, 1.807) is 0 Å². The Morgan fingerprint density at radius 2 is 1.94 bits per heavy atom. The second-order valence-electron chi connectivity index (χ2n) is 5.42. The van der Waals surface area contributed by atoms with Gasteiger partial charge in [-0.3, -0.25) is 0 Å². The molecule has 0 aliphatic heterocycles. The Bertz CT molecular complexity index is 153.